The number of hydrogen-bond donors (Lipinski definition) is 2. The molecule has 2 atom stereocenters. The van der Waals surface area contributed by atoms with Crippen LogP contribution >= 0.6 is 11.6 Å². The zero-order valence-electron chi connectivity index (χ0n) is 12.1. The predicted molar refractivity (Wildman–Crippen MR) is 81.8 cm³/mol. The van der Waals surface area contributed by atoms with Gasteiger partial charge in [0, 0.05) is 17.8 Å². The summed E-state index contributed by atoms with van der Waals surface area (Å²) >= 11 is 6.02. The van der Waals surface area contributed by atoms with Gasteiger partial charge in [-0.05, 0) is 37.5 Å². The molecule has 21 heavy (non-hydrogen) atoms. The SMILES string of the molecule is CC(=O)c1ccc(NC(=O)N2CC[C@@H](C)[C@@H]2CO)cc1Cl. The molecule has 1 saturated heterocycles. The molecular formula is C15H19ClN2O3. The van der Waals surface area contributed by atoms with Gasteiger partial charge in [0.05, 0.1) is 17.7 Å². The van der Waals surface area contributed by atoms with Gasteiger partial charge < -0.3 is 15.3 Å². The predicted octanol–water partition coefficient (Wildman–Crippen LogP) is 2.78. The van der Waals surface area contributed by atoms with Gasteiger partial charge in [0.15, 0.2) is 5.78 Å². The van der Waals surface area contributed by atoms with Crippen LogP contribution in [0.1, 0.15) is 30.6 Å². The van der Waals surface area contributed by atoms with Gasteiger partial charge in [-0.3, -0.25) is 4.79 Å². The average Bonchev–Trinajstić information content (AvgIpc) is 2.79. The van der Waals surface area contributed by atoms with Gasteiger partial charge in [0.2, 0.25) is 0 Å². The number of hydrogen-bond acceptors (Lipinski definition) is 3. The molecule has 0 aromatic heterocycles. The summed E-state index contributed by atoms with van der Waals surface area (Å²) < 4.78 is 0. The highest BCUT2D eigenvalue weighted by Crippen LogP contribution is 2.26. The summed E-state index contributed by atoms with van der Waals surface area (Å²) in [5, 5.41) is 12.5. The van der Waals surface area contributed by atoms with Gasteiger partial charge in [0.25, 0.3) is 0 Å². The molecule has 0 aliphatic carbocycles. The van der Waals surface area contributed by atoms with Crippen molar-refractivity contribution >= 4 is 29.1 Å². The molecule has 2 rings (SSSR count). The number of halogens is 1. The van der Waals surface area contributed by atoms with Crippen molar-refractivity contribution in [3.63, 3.8) is 0 Å². The monoisotopic (exact) mass is 310 g/mol. The van der Waals surface area contributed by atoms with Crippen molar-refractivity contribution in [3.8, 4) is 0 Å². The van der Waals surface area contributed by atoms with Gasteiger partial charge in [0.1, 0.15) is 0 Å². The molecule has 1 aromatic carbocycles. The molecule has 0 radical (unpaired) electrons. The van der Waals surface area contributed by atoms with Crippen molar-refractivity contribution in [1.29, 1.82) is 0 Å². The Balaban J connectivity index is 2.10. The highest BCUT2D eigenvalue weighted by Gasteiger charge is 2.33. The zero-order valence-corrected chi connectivity index (χ0v) is 12.9. The van der Waals surface area contributed by atoms with E-state index in [4.69, 9.17) is 11.6 Å². The first-order chi connectivity index (χ1) is 9.93. The number of aliphatic hydroxyl groups excluding tert-OH is 1. The molecule has 1 fully saturated rings. The molecule has 2 N–H and O–H groups in total. The fourth-order valence-corrected chi connectivity index (χ4v) is 2.93. The minimum absolute atomic E-state index is 0.0430. The Labute approximate surface area is 128 Å². The summed E-state index contributed by atoms with van der Waals surface area (Å²) in [6, 6.07) is 4.38. The Bertz CT molecular complexity index is 562. The summed E-state index contributed by atoms with van der Waals surface area (Å²) in [6.45, 7) is 4.04. The molecule has 1 heterocycles. The van der Waals surface area contributed by atoms with Crippen molar-refractivity contribution in [2.45, 2.75) is 26.3 Å². The molecule has 0 bridgehead atoms. The van der Waals surface area contributed by atoms with Crippen LogP contribution in [-0.4, -0.2) is 41.0 Å². The van der Waals surface area contributed by atoms with E-state index in [1.807, 2.05) is 6.92 Å². The van der Waals surface area contributed by atoms with E-state index < -0.39 is 0 Å². The van der Waals surface area contributed by atoms with Crippen LogP contribution in [0.2, 0.25) is 5.02 Å². The number of anilines is 1. The molecule has 1 aromatic rings. The number of nitrogens with one attached hydrogen (secondary N) is 1. The Morgan fingerprint density at radius 2 is 2.19 bits per heavy atom. The maximum Gasteiger partial charge on any atom is 0.322 e. The lowest BCUT2D eigenvalue weighted by molar-refractivity contribution is 0.101. The van der Waals surface area contributed by atoms with Crippen LogP contribution in [0.5, 0.6) is 0 Å². The van der Waals surface area contributed by atoms with Gasteiger partial charge in [-0.2, -0.15) is 0 Å². The van der Waals surface area contributed by atoms with E-state index >= 15 is 0 Å². The quantitative estimate of drug-likeness (QED) is 0.843. The Morgan fingerprint density at radius 1 is 1.48 bits per heavy atom. The van der Waals surface area contributed by atoms with Crippen LogP contribution in [0.3, 0.4) is 0 Å². The normalized spacial score (nSPS) is 21.4. The highest BCUT2D eigenvalue weighted by molar-refractivity contribution is 6.34. The minimum Gasteiger partial charge on any atom is -0.394 e. The molecule has 6 heteroatoms. The van der Waals surface area contributed by atoms with E-state index in [9.17, 15) is 14.7 Å². The molecule has 1 aliphatic heterocycles. The zero-order chi connectivity index (χ0) is 15.6. The highest BCUT2D eigenvalue weighted by atomic mass is 35.5. The number of benzene rings is 1. The topological polar surface area (TPSA) is 69.6 Å². The Kier molecular flexibility index (Phi) is 4.85. The first-order valence-corrected chi connectivity index (χ1v) is 7.30. The molecule has 0 spiro atoms. The standard InChI is InChI=1S/C15H19ClN2O3/c1-9-5-6-18(14(9)8-19)15(21)17-11-3-4-12(10(2)20)13(16)7-11/h3-4,7,9,14,19H,5-6,8H2,1-2H3,(H,17,21)/t9-,14+/m1/s1. The van der Waals surface area contributed by atoms with E-state index in [1.54, 1.807) is 23.1 Å². The van der Waals surface area contributed by atoms with Gasteiger partial charge in [-0.25, -0.2) is 4.79 Å². The lowest BCUT2D eigenvalue weighted by atomic mass is 10.0. The number of urea groups is 1. The third-order valence-corrected chi connectivity index (χ3v) is 4.24. The summed E-state index contributed by atoms with van der Waals surface area (Å²) in [7, 11) is 0. The number of amides is 2. The number of rotatable bonds is 3. The molecule has 1 aliphatic rings. The van der Waals surface area contributed by atoms with Crippen LogP contribution in [0.15, 0.2) is 18.2 Å². The minimum atomic E-state index is -0.259. The second-order valence-corrected chi connectivity index (χ2v) is 5.80. The van der Waals surface area contributed by atoms with E-state index in [0.29, 0.717) is 22.8 Å². The van der Waals surface area contributed by atoms with Gasteiger partial charge in [-0.15, -0.1) is 0 Å². The van der Waals surface area contributed by atoms with Crippen LogP contribution in [0.4, 0.5) is 10.5 Å². The average molecular weight is 311 g/mol. The fraction of sp³-hybridized carbons (Fsp3) is 0.467. The number of aliphatic hydroxyl groups is 1. The molecule has 114 valence electrons. The summed E-state index contributed by atoms with van der Waals surface area (Å²) in [6.07, 6.45) is 0.878. The Hall–Kier alpha value is -1.59. The maximum atomic E-state index is 12.3. The van der Waals surface area contributed by atoms with E-state index in [-0.39, 0.29) is 30.4 Å². The number of carbonyl (C=O) groups excluding carboxylic acids is 2. The van der Waals surface area contributed by atoms with Gasteiger partial charge >= 0.3 is 6.03 Å². The van der Waals surface area contributed by atoms with Crippen LogP contribution in [-0.2, 0) is 0 Å². The Morgan fingerprint density at radius 3 is 2.76 bits per heavy atom. The second kappa shape index (κ2) is 6.45. The summed E-state index contributed by atoms with van der Waals surface area (Å²) in [5.41, 5.74) is 0.962. The second-order valence-electron chi connectivity index (χ2n) is 5.39. The molecule has 2 amide bonds. The largest absolute Gasteiger partial charge is 0.394 e. The molecule has 5 nitrogen and oxygen atoms in total. The van der Waals surface area contributed by atoms with Crippen molar-refractivity contribution in [2.75, 3.05) is 18.5 Å². The lowest BCUT2D eigenvalue weighted by Crippen LogP contribution is -2.42. The smallest absolute Gasteiger partial charge is 0.322 e. The fourth-order valence-electron chi connectivity index (χ4n) is 2.61. The van der Waals surface area contributed by atoms with E-state index in [2.05, 4.69) is 5.32 Å². The maximum absolute atomic E-state index is 12.3. The number of likely N-dealkylation sites (tertiary alicyclic amines) is 1. The summed E-state index contributed by atoms with van der Waals surface area (Å²) in [4.78, 5) is 25.2. The van der Waals surface area contributed by atoms with Crippen molar-refractivity contribution in [2.24, 2.45) is 5.92 Å². The van der Waals surface area contributed by atoms with Crippen molar-refractivity contribution in [3.05, 3.63) is 28.8 Å². The number of carbonyl (C=O) groups is 2. The third-order valence-electron chi connectivity index (χ3n) is 3.93. The molecule has 0 unspecified atom stereocenters. The lowest BCUT2D eigenvalue weighted by Gasteiger charge is -2.25. The van der Waals surface area contributed by atoms with E-state index in [1.165, 1.54) is 6.92 Å². The first kappa shape index (κ1) is 15.8. The first-order valence-electron chi connectivity index (χ1n) is 6.93. The number of nitrogens with zero attached hydrogens (tertiary/aromatic N) is 1. The number of ketones is 1. The number of Topliss-reactive ketones (excluding diaryl/α,β-unsaturated/α-hetero) is 1. The van der Waals surface area contributed by atoms with Crippen LogP contribution in [0, 0.1) is 5.92 Å². The van der Waals surface area contributed by atoms with Crippen LogP contribution in [0.25, 0.3) is 0 Å². The molecular weight excluding hydrogens is 292 g/mol. The van der Waals surface area contributed by atoms with Crippen molar-refractivity contribution < 1.29 is 14.7 Å². The molecule has 0 saturated carbocycles. The summed E-state index contributed by atoms with van der Waals surface area (Å²) in [5.74, 6) is 0.163. The van der Waals surface area contributed by atoms with Gasteiger partial charge in [-0.1, -0.05) is 18.5 Å². The third kappa shape index (κ3) is 3.36. The van der Waals surface area contributed by atoms with Crippen LogP contribution < -0.4 is 5.32 Å². The van der Waals surface area contributed by atoms with E-state index in [0.717, 1.165) is 6.42 Å². The van der Waals surface area contributed by atoms with Crippen molar-refractivity contribution in [1.82, 2.24) is 4.90 Å².